The van der Waals surface area contributed by atoms with Crippen LogP contribution in [0.2, 0.25) is 0 Å². The smallest absolute Gasteiger partial charge is 0.338 e. The fourth-order valence-electron chi connectivity index (χ4n) is 3.28. The van der Waals surface area contributed by atoms with Crippen LogP contribution in [0.4, 0.5) is 0 Å². The van der Waals surface area contributed by atoms with Gasteiger partial charge < -0.3 is 19.5 Å². The summed E-state index contributed by atoms with van der Waals surface area (Å²) in [7, 11) is 1.62. The lowest BCUT2D eigenvalue weighted by atomic mass is 10.1. The number of benzene rings is 2. The molecule has 7 heteroatoms. The largest absolute Gasteiger partial charge is 0.496 e. The molecule has 1 aliphatic rings. The van der Waals surface area contributed by atoms with Crippen LogP contribution in [-0.2, 0) is 27.2 Å². The van der Waals surface area contributed by atoms with Gasteiger partial charge >= 0.3 is 5.97 Å². The van der Waals surface area contributed by atoms with Crippen molar-refractivity contribution in [2.24, 2.45) is 0 Å². The Morgan fingerprint density at radius 3 is 2.53 bits per heavy atom. The molecule has 0 atom stereocenters. The first kappa shape index (κ1) is 21.8. The van der Waals surface area contributed by atoms with Crippen LogP contribution in [0.25, 0.3) is 0 Å². The maximum atomic E-state index is 12.2. The standard InChI is InChI=1S/C23H28N2O5/c1-28-21-5-3-2-4-19(21)10-11-24-22(26)17-30-23(27)20-8-6-18(7-9-20)16-25-12-14-29-15-13-25/h2-9H,10-17H2,1H3,(H,24,26). The minimum Gasteiger partial charge on any atom is -0.496 e. The summed E-state index contributed by atoms with van der Waals surface area (Å²) in [6, 6.07) is 15.0. The maximum Gasteiger partial charge on any atom is 0.338 e. The van der Waals surface area contributed by atoms with Gasteiger partial charge in [-0.2, -0.15) is 0 Å². The first-order valence-corrected chi connectivity index (χ1v) is 10.1. The molecule has 1 fully saturated rings. The summed E-state index contributed by atoms with van der Waals surface area (Å²) in [6.07, 6.45) is 0.633. The van der Waals surface area contributed by atoms with E-state index in [2.05, 4.69) is 10.2 Å². The third kappa shape index (κ3) is 6.57. The normalized spacial score (nSPS) is 14.2. The Morgan fingerprint density at radius 1 is 1.07 bits per heavy atom. The molecular formula is C23H28N2O5. The van der Waals surface area contributed by atoms with Crippen LogP contribution >= 0.6 is 0 Å². The third-order valence-corrected chi connectivity index (χ3v) is 4.94. The zero-order valence-electron chi connectivity index (χ0n) is 17.3. The van der Waals surface area contributed by atoms with Crippen LogP contribution in [0.15, 0.2) is 48.5 Å². The fourth-order valence-corrected chi connectivity index (χ4v) is 3.28. The van der Waals surface area contributed by atoms with Crippen molar-refractivity contribution in [3.63, 3.8) is 0 Å². The van der Waals surface area contributed by atoms with Gasteiger partial charge in [0.2, 0.25) is 0 Å². The Morgan fingerprint density at radius 2 is 1.80 bits per heavy atom. The van der Waals surface area contributed by atoms with Crippen molar-refractivity contribution < 1.29 is 23.8 Å². The van der Waals surface area contributed by atoms with Crippen molar-refractivity contribution in [2.75, 3.05) is 46.6 Å². The second-order valence-electron chi connectivity index (χ2n) is 7.07. The highest BCUT2D eigenvalue weighted by Crippen LogP contribution is 2.17. The second-order valence-corrected chi connectivity index (χ2v) is 7.07. The SMILES string of the molecule is COc1ccccc1CCNC(=O)COC(=O)c1ccc(CN2CCOCC2)cc1. The molecule has 0 unspecified atom stereocenters. The van der Waals surface area contributed by atoms with Gasteiger partial charge in [-0.1, -0.05) is 30.3 Å². The van der Waals surface area contributed by atoms with Crippen LogP contribution in [0.3, 0.4) is 0 Å². The van der Waals surface area contributed by atoms with E-state index in [9.17, 15) is 9.59 Å². The third-order valence-electron chi connectivity index (χ3n) is 4.94. The quantitative estimate of drug-likeness (QED) is 0.636. The highest BCUT2D eigenvalue weighted by Gasteiger charge is 2.13. The van der Waals surface area contributed by atoms with Gasteiger partial charge in [0.1, 0.15) is 5.75 Å². The topological polar surface area (TPSA) is 77.1 Å². The number of hydrogen-bond acceptors (Lipinski definition) is 6. The molecule has 0 bridgehead atoms. The van der Waals surface area contributed by atoms with Gasteiger partial charge in [0.15, 0.2) is 6.61 Å². The molecule has 1 heterocycles. The fraction of sp³-hybridized carbons (Fsp3) is 0.391. The lowest BCUT2D eigenvalue weighted by Gasteiger charge is -2.26. The number of ether oxygens (including phenoxy) is 3. The molecule has 0 spiro atoms. The highest BCUT2D eigenvalue weighted by atomic mass is 16.5. The predicted molar refractivity (Wildman–Crippen MR) is 113 cm³/mol. The average Bonchev–Trinajstić information content (AvgIpc) is 2.79. The first-order valence-electron chi connectivity index (χ1n) is 10.1. The minimum absolute atomic E-state index is 0.305. The molecular weight excluding hydrogens is 384 g/mol. The van der Waals surface area contributed by atoms with Crippen molar-refractivity contribution in [3.8, 4) is 5.75 Å². The molecule has 7 nitrogen and oxygen atoms in total. The maximum absolute atomic E-state index is 12.2. The van der Waals surface area contributed by atoms with E-state index >= 15 is 0 Å². The Kier molecular flexibility index (Phi) is 8.23. The summed E-state index contributed by atoms with van der Waals surface area (Å²) in [5, 5.41) is 2.76. The molecule has 2 aromatic rings. The van der Waals surface area contributed by atoms with Gasteiger partial charge in [-0.05, 0) is 35.7 Å². The Bertz CT molecular complexity index is 832. The number of morpholine rings is 1. The number of para-hydroxylation sites is 1. The average molecular weight is 412 g/mol. The number of methoxy groups -OCH3 is 1. The van der Waals surface area contributed by atoms with Gasteiger partial charge in [0.25, 0.3) is 5.91 Å². The van der Waals surface area contributed by atoms with Gasteiger partial charge in [-0.3, -0.25) is 9.69 Å². The molecule has 1 N–H and O–H groups in total. The number of esters is 1. The van der Waals surface area contributed by atoms with Crippen molar-refractivity contribution in [1.29, 1.82) is 0 Å². The van der Waals surface area contributed by atoms with Crippen LogP contribution in [0, 0.1) is 0 Å². The van der Waals surface area contributed by atoms with Crippen LogP contribution < -0.4 is 10.1 Å². The van der Waals surface area contributed by atoms with E-state index < -0.39 is 5.97 Å². The molecule has 3 rings (SSSR count). The molecule has 1 amide bonds. The van der Waals surface area contributed by atoms with E-state index in [-0.39, 0.29) is 12.5 Å². The summed E-state index contributed by atoms with van der Waals surface area (Å²) < 4.78 is 15.8. The molecule has 0 saturated carbocycles. The number of carbonyl (C=O) groups excluding carboxylic acids is 2. The lowest BCUT2D eigenvalue weighted by Crippen LogP contribution is -2.35. The second kappa shape index (κ2) is 11.3. The summed E-state index contributed by atoms with van der Waals surface area (Å²) in [5.74, 6) is -0.0507. The Labute approximate surface area is 176 Å². The Hall–Kier alpha value is -2.90. The van der Waals surface area contributed by atoms with Crippen LogP contribution in [0.5, 0.6) is 5.75 Å². The monoisotopic (exact) mass is 412 g/mol. The zero-order chi connectivity index (χ0) is 21.2. The van der Waals surface area contributed by atoms with Crippen molar-refractivity contribution in [1.82, 2.24) is 10.2 Å². The summed E-state index contributed by atoms with van der Waals surface area (Å²) in [6.45, 7) is 4.29. The van der Waals surface area contributed by atoms with Gasteiger partial charge in [0.05, 0.1) is 25.9 Å². The van der Waals surface area contributed by atoms with E-state index in [1.807, 2.05) is 36.4 Å². The molecule has 0 aromatic heterocycles. The molecule has 160 valence electrons. The van der Waals surface area contributed by atoms with E-state index in [0.717, 1.165) is 49.7 Å². The van der Waals surface area contributed by atoms with Gasteiger partial charge in [0, 0.05) is 26.2 Å². The van der Waals surface area contributed by atoms with E-state index in [4.69, 9.17) is 14.2 Å². The number of nitrogens with one attached hydrogen (secondary N) is 1. The molecule has 0 radical (unpaired) electrons. The first-order chi connectivity index (χ1) is 14.7. The number of hydrogen-bond donors (Lipinski definition) is 1. The van der Waals surface area contributed by atoms with Crippen LogP contribution in [-0.4, -0.2) is 63.3 Å². The lowest BCUT2D eigenvalue weighted by molar-refractivity contribution is -0.124. The summed E-state index contributed by atoms with van der Waals surface area (Å²) in [4.78, 5) is 26.5. The summed E-state index contributed by atoms with van der Waals surface area (Å²) >= 11 is 0. The van der Waals surface area contributed by atoms with Crippen molar-refractivity contribution in [2.45, 2.75) is 13.0 Å². The number of carbonyl (C=O) groups is 2. The molecule has 1 saturated heterocycles. The van der Waals surface area contributed by atoms with Gasteiger partial charge in [-0.25, -0.2) is 4.79 Å². The minimum atomic E-state index is -0.507. The number of nitrogens with zero attached hydrogens (tertiary/aromatic N) is 1. The number of amides is 1. The Balaban J connectivity index is 1.38. The van der Waals surface area contributed by atoms with Gasteiger partial charge in [-0.15, -0.1) is 0 Å². The zero-order valence-corrected chi connectivity index (χ0v) is 17.3. The predicted octanol–water partition coefficient (Wildman–Crippen LogP) is 2.04. The molecule has 2 aromatic carbocycles. The van der Waals surface area contributed by atoms with Crippen LogP contribution in [0.1, 0.15) is 21.5 Å². The molecule has 1 aliphatic heterocycles. The van der Waals surface area contributed by atoms with E-state index in [1.165, 1.54) is 0 Å². The molecule has 0 aliphatic carbocycles. The van der Waals surface area contributed by atoms with E-state index in [0.29, 0.717) is 18.5 Å². The molecule has 30 heavy (non-hydrogen) atoms. The number of rotatable bonds is 9. The van der Waals surface area contributed by atoms with E-state index in [1.54, 1.807) is 19.2 Å². The van der Waals surface area contributed by atoms with Crippen molar-refractivity contribution >= 4 is 11.9 Å². The highest BCUT2D eigenvalue weighted by molar-refractivity contribution is 5.91. The van der Waals surface area contributed by atoms with Crippen molar-refractivity contribution in [3.05, 3.63) is 65.2 Å². The summed E-state index contributed by atoms with van der Waals surface area (Å²) in [5.41, 5.74) is 2.57.